The zero-order valence-corrected chi connectivity index (χ0v) is 13.2. The first-order chi connectivity index (χ1) is 9.86. The molecule has 0 aliphatic carbocycles. The van der Waals surface area contributed by atoms with E-state index in [2.05, 4.69) is 16.9 Å². The van der Waals surface area contributed by atoms with Crippen LogP contribution < -0.4 is 10.6 Å². The molecule has 2 atom stereocenters. The third-order valence-electron chi connectivity index (χ3n) is 4.46. The maximum Gasteiger partial charge on any atom is 0.334 e. The van der Waals surface area contributed by atoms with Crippen LogP contribution in [0.25, 0.3) is 0 Å². The van der Waals surface area contributed by atoms with E-state index in [1.807, 2.05) is 13.8 Å². The molecule has 2 rings (SSSR count). The van der Waals surface area contributed by atoms with Crippen molar-refractivity contribution in [2.75, 3.05) is 24.5 Å². The van der Waals surface area contributed by atoms with E-state index >= 15 is 0 Å². The molecule has 118 valence electrons. The number of piperidine rings is 1. The number of nitro groups is 1. The van der Waals surface area contributed by atoms with Gasteiger partial charge in [0.05, 0.1) is 4.92 Å². The van der Waals surface area contributed by atoms with Gasteiger partial charge in [-0.1, -0.05) is 20.8 Å². The molecule has 0 amide bonds. The molecular weight excluding hydrogens is 270 g/mol. The van der Waals surface area contributed by atoms with Crippen LogP contribution in [0.15, 0.2) is 0 Å². The largest absolute Gasteiger partial charge is 0.351 e. The van der Waals surface area contributed by atoms with E-state index in [0.29, 0.717) is 29.9 Å². The summed E-state index contributed by atoms with van der Waals surface area (Å²) in [6, 6.07) is 0. The van der Waals surface area contributed by atoms with Crippen molar-refractivity contribution in [1.82, 2.24) is 9.78 Å². The molecule has 0 saturated carbocycles. The zero-order valence-electron chi connectivity index (χ0n) is 13.2. The molecule has 0 spiro atoms. The highest BCUT2D eigenvalue weighted by atomic mass is 16.6. The fourth-order valence-electron chi connectivity index (χ4n) is 3.09. The second-order valence-electron chi connectivity index (χ2n) is 6.30. The summed E-state index contributed by atoms with van der Waals surface area (Å²) in [4.78, 5) is 13.3. The van der Waals surface area contributed by atoms with Crippen molar-refractivity contribution in [3.8, 4) is 0 Å². The van der Waals surface area contributed by atoms with Gasteiger partial charge in [-0.15, -0.1) is 0 Å². The number of anilines is 1. The van der Waals surface area contributed by atoms with Gasteiger partial charge in [0.2, 0.25) is 5.82 Å². The summed E-state index contributed by atoms with van der Waals surface area (Å²) in [6.07, 6.45) is 1.00. The maximum absolute atomic E-state index is 11.5. The lowest BCUT2D eigenvalue weighted by Gasteiger charge is -2.37. The standard InChI is InChI=1S/C14H25N5O2/c1-9(2)12-13(19(20)21)14(17(4)16-12)18-6-5-10(3)11(7-15)8-18/h9-11H,5-8,15H2,1-4H3. The van der Waals surface area contributed by atoms with Crippen LogP contribution in [0, 0.1) is 22.0 Å². The molecule has 1 aromatic heterocycles. The van der Waals surface area contributed by atoms with E-state index in [1.165, 1.54) is 0 Å². The van der Waals surface area contributed by atoms with Crippen LogP contribution in [0.5, 0.6) is 0 Å². The first kappa shape index (κ1) is 15.8. The van der Waals surface area contributed by atoms with Crippen molar-refractivity contribution in [3.63, 3.8) is 0 Å². The Balaban J connectivity index is 2.41. The summed E-state index contributed by atoms with van der Waals surface area (Å²) in [5, 5.41) is 15.9. The number of hydrogen-bond donors (Lipinski definition) is 1. The molecule has 1 aliphatic rings. The van der Waals surface area contributed by atoms with Crippen LogP contribution in [-0.4, -0.2) is 34.3 Å². The summed E-state index contributed by atoms with van der Waals surface area (Å²) in [5.41, 5.74) is 6.55. The third kappa shape index (κ3) is 2.88. The molecule has 21 heavy (non-hydrogen) atoms. The molecule has 1 aromatic rings. The Kier molecular flexibility index (Phi) is 4.51. The molecule has 2 unspecified atom stereocenters. The van der Waals surface area contributed by atoms with Crippen molar-refractivity contribution >= 4 is 11.5 Å². The molecule has 0 aromatic carbocycles. The summed E-state index contributed by atoms with van der Waals surface area (Å²) in [7, 11) is 1.78. The van der Waals surface area contributed by atoms with Crippen LogP contribution in [0.2, 0.25) is 0 Å². The molecule has 1 aliphatic heterocycles. The minimum Gasteiger partial charge on any atom is -0.351 e. The van der Waals surface area contributed by atoms with E-state index < -0.39 is 0 Å². The second kappa shape index (κ2) is 6.01. The van der Waals surface area contributed by atoms with Crippen LogP contribution in [0.4, 0.5) is 11.5 Å². The van der Waals surface area contributed by atoms with Gasteiger partial charge in [0.1, 0.15) is 5.69 Å². The van der Waals surface area contributed by atoms with Gasteiger partial charge in [-0.2, -0.15) is 5.10 Å². The molecule has 7 nitrogen and oxygen atoms in total. The van der Waals surface area contributed by atoms with E-state index in [4.69, 9.17) is 5.73 Å². The number of nitrogens with two attached hydrogens (primary N) is 1. The second-order valence-corrected chi connectivity index (χ2v) is 6.30. The fourth-order valence-corrected chi connectivity index (χ4v) is 3.09. The van der Waals surface area contributed by atoms with Gasteiger partial charge in [0, 0.05) is 26.1 Å². The Morgan fingerprint density at radius 3 is 2.71 bits per heavy atom. The van der Waals surface area contributed by atoms with Gasteiger partial charge in [-0.3, -0.25) is 10.1 Å². The van der Waals surface area contributed by atoms with Gasteiger partial charge in [0.25, 0.3) is 0 Å². The van der Waals surface area contributed by atoms with Gasteiger partial charge >= 0.3 is 5.69 Å². The van der Waals surface area contributed by atoms with E-state index in [9.17, 15) is 10.1 Å². The summed E-state index contributed by atoms with van der Waals surface area (Å²) in [6.45, 7) is 8.25. The number of aromatic nitrogens is 2. The van der Waals surface area contributed by atoms with E-state index in [1.54, 1.807) is 11.7 Å². The van der Waals surface area contributed by atoms with Crippen LogP contribution in [0.1, 0.15) is 38.8 Å². The highest BCUT2D eigenvalue weighted by Gasteiger charge is 2.35. The highest BCUT2D eigenvalue weighted by molar-refractivity contribution is 5.62. The average Bonchev–Trinajstić information content (AvgIpc) is 2.77. The Labute approximate surface area is 125 Å². The predicted molar refractivity (Wildman–Crippen MR) is 82.5 cm³/mol. The van der Waals surface area contributed by atoms with Gasteiger partial charge in [-0.05, 0) is 24.8 Å². The molecule has 0 bridgehead atoms. The maximum atomic E-state index is 11.5. The predicted octanol–water partition coefficient (Wildman–Crippen LogP) is 1.87. The van der Waals surface area contributed by atoms with Gasteiger partial charge < -0.3 is 10.6 Å². The van der Waals surface area contributed by atoms with Gasteiger partial charge in [-0.25, -0.2) is 4.68 Å². The normalized spacial score (nSPS) is 22.9. The fraction of sp³-hybridized carbons (Fsp3) is 0.786. The molecule has 2 heterocycles. The number of aryl methyl sites for hydroxylation is 1. The SMILES string of the molecule is CC(C)c1nn(C)c(N2CCC(C)C(CN)C2)c1[N+](=O)[O-]. The first-order valence-electron chi connectivity index (χ1n) is 7.53. The Hall–Kier alpha value is -1.63. The minimum absolute atomic E-state index is 0.0272. The highest BCUT2D eigenvalue weighted by Crippen LogP contribution is 2.37. The molecule has 7 heteroatoms. The van der Waals surface area contributed by atoms with Crippen LogP contribution >= 0.6 is 0 Å². The van der Waals surface area contributed by atoms with Crippen molar-refractivity contribution < 1.29 is 4.92 Å². The van der Waals surface area contributed by atoms with E-state index in [-0.39, 0.29) is 16.5 Å². The molecule has 0 radical (unpaired) electrons. The lowest BCUT2D eigenvalue weighted by molar-refractivity contribution is -0.385. The lowest BCUT2D eigenvalue weighted by atomic mass is 9.87. The summed E-state index contributed by atoms with van der Waals surface area (Å²) >= 11 is 0. The first-order valence-corrected chi connectivity index (χ1v) is 7.53. The summed E-state index contributed by atoms with van der Waals surface area (Å²) < 4.78 is 1.65. The summed E-state index contributed by atoms with van der Waals surface area (Å²) in [5.74, 6) is 1.58. The van der Waals surface area contributed by atoms with Crippen LogP contribution in [-0.2, 0) is 7.05 Å². The van der Waals surface area contributed by atoms with E-state index in [0.717, 1.165) is 19.5 Å². The van der Waals surface area contributed by atoms with Crippen LogP contribution in [0.3, 0.4) is 0 Å². The molecule has 1 saturated heterocycles. The smallest absolute Gasteiger partial charge is 0.334 e. The number of hydrogen-bond acceptors (Lipinski definition) is 5. The van der Waals surface area contributed by atoms with Crippen molar-refractivity contribution in [2.24, 2.45) is 24.6 Å². The minimum atomic E-state index is -0.298. The molecule has 2 N–H and O–H groups in total. The third-order valence-corrected chi connectivity index (χ3v) is 4.46. The zero-order chi connectivity index (χ0) is 15.7. The Morgan fingerprint density at radius 1 is 1.52 bits per heavy atom. The molecule has 1 fully saturated rings. The Morgan fingerprint density at radius 2 is 2.19 bits per heavy atom. The molecular formula is C14H25N5O2. The van der Waals surface area contributed by atoms with Gasteiger partial charge in [0.15, 0.2) is 0 Å². The number of nitrogens with zero attached hydrogens (tertiary/aromatic N) is 4. The van der Waals surface area contributed by atoms with Crippen molar-refractivity contribution in [2.45, 2.75) is 33.1 Å². The Bertz CT molecular complexity index is 526. The van der Waals surface area contributed by atoms with Crippen molar-refractivity contribution in [1.29, 1.82) is 0 Å². The van der Waals surface area contributed by atoms with Crippen molar-refractivity contribution in [3.05, 3.63) is 15.8 Å². The lowest BCUT2D eigenvalue weighted by Crippen LogP contribution is -2.43. The number of rotatable bonds is 4. The monoisotopic (exact) mass is 295 g/mol. The average molecular weight is 295 g/mol. The quantitative estimate of drug-likeness (QED) is 0.676. The topological polar surface area (TPSA) is 90.2 Å².